The Morgan fingerprint density at radius 2 is 0.860 bits per heavy atom. The molecule has 6 N–H and O–H groups in total. The van der Waals surface area contributed by atoms with E-state index in [1.54, 1.807) is 0 Å². The lowest BCUT2D eigenvalue weighted by Crippen LogP contribution is -2.45. The average molecular weight is 802 g/mol. The molecule has 334 valence electrons. The number of nitrogens with zero attached hydrogens (tertiary/aromatic N) is 1. The Morgan fingerprint density at radius 3 is 1.30 bits per heavy atom. The maximum atomic E-state index is 13.2. The molecule has 1 atom stereocenters. The van der Waals surface area contributed by atoms with Gasteiger partial charge in [0.15, 0.2) is 0 Å². The van der Waals surface area contributed by atoms with Crippen molar-refractivity contribution >= 4 is 17.7 Å². The molecule has 0 saturated heterocycles. The normalized spacial score (nSPS) is 12.1. The first-order valence-electron chi connectivity index (χ1n) is 24.5. The lowest BCUT2D eigenvalue weighted by atomic mass is 10.1. The van der Waals surface area contributed by atoms with E-state index in [-0.39, 0.29) is 17.7 Å². The number of carbonyl (C=O) groups excluding carboxylic acids is 3. The van der Waals surface area contributed by atoms with Gasteiger partial charge in [0, 0.05) is 39.0 Å². The average Bonchev–Trinajstić information content (AvgIpc) is 3.21. The molecule has 0 aliphatic heterocycles. The SMILES string of the molecule is CCCCCCCCC=CCCCCCCCC(=O)NCCCCN(CCCNC(=O)CCCCCCCC=CCCCCCCCC)C(=O)[C@@H](N)CCCCN. The minimum absolute atomic E-state index is 0.0279. The summed E-state index contributed by atoms with van der Waals surface area (Å²) in [6.45, 7) is 7.49. The number of allylic oxidation sites excluding steroid dienone is 4. The van der Waals surface area contributed by atoms with Crippen LogP contribution in [0.5, 0.6) is 0 Å². The van der Waals surface area contributed by atoms with E-state index in [0.717, 1.165) is 51.4 Å². The molecule has 0 rings (SSSR count). The number of unbranched alkanes of at least 4 members (excludes halogenated alkanes) is 24. The fourth-order valence-electron chi connectivity index (χ4n) is 7.24. The van der Waals surface area contributed by atoms with Crippen molar-refractivity contribution in [1.29, 1.82) is 0 Å². The quantitative estimate of drug-likeness (QED) is 0.0360. The number of hydrogen-bond donors (Lipinski definition) is 4. The third-order valence-corrected chi connectivity index (χ3v) is 11.0. The van der Waals surface area contributed by atoms with Gasteiger partial charge >= 0.3 is 0 Å². The van der Waals surface area contributed by atoms with Crippen LogP contribution in [0.25, 0.3) is 0 Å². The van der Waals surface area contributed by atoms with Crippen molar-refractivity contribution < 1.29 is 14.4 Å². The molecule has 0 heterocycles. The second-order valence-electron chi connectivity index (χ2n) is 16.6. The van der Waals surface area contributed by atoms with Gasteiger partial charge in [-0.1, -0.05) is 147 Å². The topological polar surface area (TPSA) is 131 Å². The fourth-order valence-corrected chi connectivity index (χ4v) is 7.24. The van der Waals surface area contributed by atoms with E-state index in [4.69, 9.17) is 11.5 Å². The predicted octanol–water partition coefficient (Wildman–Crippen LogP) is 11.7. The smallest absolute Gasteiger partial charge is 0.239 e. The van der Waals surface area contributed by atoms with Crippen molar-refractivity contribution in [2.24, 2.45) is 11.5 Å². The van der Waals surface area contributed by atoms with E-state index in [9.17, 15) is 14.4 Å². The minimum Gasteiger partial charge on any atom is -0.356 e. The molecule has 0 aromatic rings. The first kappa shape index (κ1) is 54.8. The largest absolute Gasteiger partial charge is 0.356 e. The zero-order valence-electron chi connectivity index (χ0n) is 37.8. The van der Waals surface area contributed by atoms with Gasteiger partial charge in [-0.3, -0.25) is 14.4 Å². The third kappa shape index (κ3) is 40.4. The van der Waals surface area contributed by atoms with Crippen molar-refractivity contribution in [3.63, 3.8) is 0 Å². The first-order valence-corrected chi connectivity index (χ1v) is 24.5. The van der Waals surface area contributed by atoms with Crippen LogP contribution in [0.2, 0.25) is 0 Å². The second kappa shape index (κ2) is 44.9. The summed E-state index contributed by atoms with van der Waals surface area (Å²) in [5.41, 5.74) is 11.9. The molecule has 0 aromatic carbocycles. The van der Waals surface area contributed by atoms with E-state index >= 15 is 0 Å². The molecular weight excluding hydrogens is 707 g/mol. The highest BCUT2D eigenvalue weighted by Crippen LogP contribution is 2.12. The predicted molar refractivity (Wildman–Crippen MR) is 246 cm³/mol. The number of amides is 3. The van der Waals surface area contributed by atoms with E-state index in [1.165, 1.54) is 141 Å². The minimum atomic E-state index is -0.529. The lowest BCUT2D eigenvalue weighted by Gasteiger charge is -2.26. The summed E-state index contributed by atoms with van der Waals surface area (Å²) >= 11 is 0. The number of rotatable bonds is 44. The molecule has 0 unspecified atom stereocenters. The van der Waals surface area contributed by atoms with Crippen LogP contribution in [0, 0.1) is 0 Å². The van der Waals surface area contributed by atoms with E-state index in [0.29, 0.717) is 58.4 Å². The molecule has 0 aliphatic rings. The summed E-state index contributed by atoms with van der Waals surface area (Å²) in [4.78, 5) is 39.9. The highest BCUT2D eigenvalue weighted by molar-refractivity contribution is 5.81. The third-order valence-electron chi connectivity index (χ3n) is 11.0. The van der Waals surface area contributed by atoms with Crippen molar-refractivity contribution in [3.05, 3.63) is 24.3 Å². The highest BCUT2D eigenvalue weighted by Gasteiger charge is 2.20. The standard InChI is InChI=1S/C49H95N5O3/c1-3-5-7-9-11-13-15-17-19-21-23-25-27-29-31-39-47(55)52-42-35-36-44-54(49(57)46(51)38-33-34-41-50)45-37-43-53-48(56)40-32-30-28-26-24-22-20-18-16-14-12-10-8-6-4-2/h17-20,46H,3-16,21-45,50-51H2,1-2H3,(H,52,55)(H,53,56)/t46-/m0/s1. The summed E-state index contributed by atoms with van der Waals surface area (Å²) in [5, 5.41) is 6.12. The summed E-state index contributed by atoms with van der Waals surface area (Å²) in [6.07, 6.45) is 47.7. The van der Waals surface area contributed by atoms with Crippen LogP contribution in [-0.2, 0) is 14.4 Å². The van der Waals surface area contributed by atoms with Crippen LogP contribution in [0.15, 0.2) is 24.3 Å². The zero-order chi connectivity index (χ0) is 41.7. The van der Waals surface area contributed by atoms with Gasteiger partial charge in [-0.05, 0) is 103 Å². The van der Waals surface area contributed by atoms with Gasteiger partial charge in [0.05, 0.1) is 6.04 Å². The maximum absolute atomic E-state index is 13.2. The molecule has 0 spiro atoms. The van der Waals surface area contributed by atoms with Gasteiger partial charge in [0.25, 0.3) is 0 Å². The van der Waals surface area contributed by atoms with E-state index in [1.807, 2.05) is 4.90 Å². The molecule has 57 heavy (non-hydrogen) atoms. The van der Waals surface area contributed by atoms with Crippen LogP contribution in [0.1, 0.15) is 232 Å². The monoisotopic (exact) mass is 802 g/mol. The maximum Gasteiger partial charge on any atom is 0.239 e. The number of nitrogens with one attached hydrogen (secondary N) is 2. The molecule has 0 aromatic heterocycles. The Hall–Kier alpha value is -2.19. The van der Waals surface area contributed by atoms with Crippen LogP contribution in [0.3, 0.4) is 0 Å². The second-order valence-corrected chi connectivity index (χ2v) is 16.6. The van der Waals surface area contributed by atoms with Crippen LogP contribution < -0.4 is 22.1 Å². The van der Waals surface area contributed by atoms with E-state index < -0.39 is 6.04 Å². The van der Waals surface area contributed by atoms with Gasteiger partial charge in [-0.25, -0.2) is 0 Å². The van der Waals surface area contributed by atoms with Crippen LogP contribution in [-0.4, -0.2) is 61.4 Å². The molecular formula is C49H95N5O3. The van der Waals surface area contributed by atoms with Crippen LogP contribution >= 0.6 is 0 Å². The summed E-state index contributed by atoms with van der Waals surface area (Å²) < 4.78 is 0. The molecule has 0 aliphatic carbocycles. The Kier molecular flexibility index (Phi) is 43.2. The Labute approximate surface area is 353 Å². The number of carbonyl (C=O) groups is 3. The van der Waals surface area contributed by atoms with Crippen molar-refractivity contribution in [3.8, 4) is 0 Å². The van der Waals surface area contributed by atoms with Gasteiger partial charge in [0.1, 0.15) is 0 Å². The van der Waals surface area contributed by atoms with E-state index in [2.05, 4.69) is 48.8 Å². The summed E-state index contributed by atoms with van der Waals surface area (Å²) in [5.74, 6) is 0.196. The van der Waals surface area contributed by atoms with Crippen molar-refractivity contribution in [2.75, 3.05) is 32.7 Å². The molecule has 0 saturated carbocycles. The first-order chi connectivity index (χ1) is 28.0. The molecule has 0 radical (unpaired) electrons. The van der Waals surface area contributed by atoms with Gasteiger partial charge in [-0.15, -0.1) is 0 Å². The lowest BCUT2D eigenvalue weighted by molar-refractivity contribution is -0.133. The van der Waals surface area contributed by atoms with Gasteiger partial charge < -0.3 is 27.0 Å². The summed E-state index contributed by atoms with van der Waals surface area (Å²) in [6, 6.07) is -0.529. The molecule has 3 amide bonds. The fraction of sp³-hybridized carbons (Fsp3) is 0.857. The van der Waals surface area contributed by atoms with Gasteiger partial charge in [0.2, 0.25) is 17.7 Å². The summed E-state index contributed by atoms with van der Waals surface area (Å²) in [7, 11) is 0. The highest BCUT2D eigenvalue weighted by atomic mass is 16.2. The zero-order valence-corrected chi connectivity index (χ0v) is 37.8. The van der Waals surface area contributed by atoms with Crippen LogP contribution in [0.4, 0.5) is 0 Å². The molecule has 0 bridgehead atoms. The molecule has 0 fully saturated rings. The molecule has 8 nitrogen and oxygen atoms in total. The Morgan fingerprint density at radius 1 is 0.474 bits per heavy atom. The van der Waals surface area contributed by atoms with Crippen molar-refractivity contribution in [2.45, 2.75) is 238 Å². The number of nitrogens with two attached hydrogens (primary N) is 2. The Balaban J connectivity index is 4.09. The van der Waals surface area contributed by atoms with Gasteiger partial charge in [-0.2, -0.15) is 0 Å². The van der Waals surface area contributed by atoms with Crippen molar-refractivity contribution in [1.82, 2.24) is 15.5 Å². The number of hydrogen-bond acceptors (Lipinski definition) is 5. The molecule has 8 heteroatoms. The Bertz CT molecular complexity index is 955.